The molecule has 0 fully saturated rings. The molecule has 3 aromatic carbocycles. The van der Waals surface area contributed by atoms with Gasteiger partial charge in [0.2, 0.25) is 0 Å². The number of halogens is 1. The highest BCUT2D eigenvalue weighted by molar-refractivity contribution is 5.95. The zero-order valence-electron chi connectivity index (χ0n) is 18.1. The number of nitrogens with zero attached hydrogens (tertiary/aromatic N) is 1. The summed E-state index contributed by atoms with van der Waals surface area (Å²) in [5.41, 5.74) is 2.55. The van der Waals surface area contributed by atoms with Gasteiger partial charge >= 0.3 is 6.03 Å². The largest absolute Gasteiger partial charge is 0.492 e. The number of urea groups is 1. The topological polar surface area (TPSA) is 70.7 Å². The minimum Gasteiger partial charge on any atom is -0.492 e. The number of benzene rings is 3. The van der Waals surface area contributed by atoms with Crippen LogP contribution in [0.2, 0.25) is 0 Å². The lowest BCUT2D eigenvalue weighted by Gasteiger charge is -2.18. The van der Waals surface area contributed by atoms with E-state index in [1.807, 2.05) is 31.2 Å². The second-order valence-corrected chi connectivity index (χ2v) is 7.36. The number of nitrogens with one attached hydrogen (secondary N) is 2. The second kappa shape index (κ2) is 10.9. The lowest BCUT2D eigenvalue weighted by molar-refractivity contribution is 0.0950. The van der Waals surface area contributed by atoms with Crippen molar-refractivity contribution in [2.45, 2.75) is 13.5 Å². The minimum atomic E-state index is -0.362. The van der Waals surface area contributed by atoms with Crippen LogP contribution in [0.3, 0.4) is 0 Å². The molecule has 3 amide bonds. The monoisotopic (exact) mass is 435 g/mol. The number of carbonyl (C=O) groups is 2. The van der Waals surface area contributed by atoms with E-state index in [-0.39, 0.29) is 24.3 Å². The van der Waals surface area contributed by atoms with E-state index in [1.165, 1.54) is 11.0 Å². The fourth-order valence-electron chi connectivity index (χ4n) is 2.88. The van der Waals surface area contributed by atoms with E-state index in [0.717, 1.165) is 11.3 Å². The molecule has 0 saturated carbocycles. The summed E-state index contributed by atoms with van der Waals surface area (Å²) < 4.78 is 19.3. The van der Waals surface area contributed by atoms with E-state index in [9.17, 15) is 14.0 Å². The minimum absolute atomic E-state index is 0.0967. The van der Waals surface area contributed by atoms with E-state index in [1.54, 1.807) is 49.5 Å². The number of anilines is 1. The third-order valence-corrected chi connectivity index (χ3v) is 4.86. The quantitative estimate of drug-likeness (QED) is 0.543. The Morgan fingerprint density at radius 2 is 1.66 bits per heavy atom. The van der Waals surface area contributed by atoms with Crippen molar-refractivity contribution in [3.8, 4) is 5.75 Å². The molecule has 0 spiro atoms. The SMILES string of the molecule is Cc1ccc(OCCN(C)C(=O)Nc2ccc(C(=O)NCc3ccccc3F)cc2)cc1. The molecule has 0 unspecified atom stereocenters. The molecule has 3 aromatic rings. The smallest absolute Gasteiger partial charge is 0.321 e. The predicted molar refractivity (Wildman–Crippen MR) is 122 cm³/mol. The molecule has 0 radical (unpaired) electrons. The highest BCUT2D eigenvalue weighted by atomic mass is 19.1. The molecule has 6 nitrogen and oxygen atoms in total. The van der Waals surface area contributed by atoms with Gasteiger partial charge in [-0.2, -0.15) is 0 Å². The van der Waals surface area contributed by atoms with Crippen molar-refractivity contribution < 1.29 is 18.7 Å². The van der Waals surface area contributed by atoms with Crippen LogP contribution in [0.1, 0.15) is 21.5 Å². The summed E-state index contributed by atoms with van der Waals surface area (Å²) in [7, 11) is 1.68. The maximum atomic E-state index is 13.7. The van der Waals surface area contributed by atoms with Gasteiger partial charge in [0.05, 0.1) is 6.54 Å². The molecule has 0 aromatic heterocycles. The molecule has 0 aliphatic carbocycles. The standard InChI is InChI=1S/C25H26FN3O3/c1-18-7-13-22(14-8-18)32-16-15-29(2)25(31)28-21-11-9-19(10-12-21)24(30)27-17-20-5-3-4-6-23(20)26/h3-14H,15-17H2,1-2H3,(H,27,30)(H,28,31). The fourth-order valence-corrected chi connectivity index (χ4v) is 2.88. The number of rotatable bonds is 8. The molecule has 2 N–H and O–H groups in total. The van der Waals surface area contributed by atoms with E-state index >= 15 is 0 Å². The number of hydrogen-bond acceptors (Lipinski definition) is 3. The first kappa shape index (κ1) is 22.8. The summed E-state index contributed by atoms with van der Waals surface area (Å²) in [5.74, 6) is 0.0732. The molecule has 0 bridgehead atoms. The van der Waals surface area contributed by atoms with Crippen LogP contribution >= 0.6 is 0 Å². The number of ether oxygens (including phenoxy) is 1. The van der Waals surface area contributed by atoms with Gasteiger partial charge in [-0.1, -0.05) is 35.9 Å². The van der Waals surface area contributed by atoms with Crippen LogP contribution in [0, 0.1) is 12.7 Å². The molecular weight excluding hydrogens is 409 g/mol. The van der Waals surface area contributed by atoms with Crippen LogP contribution in [0.4, 0.5) is 14.9 Å². The summed E-state index contributed by atoms with van der Waals surface area (Å²) in [5, 5.41) is 5.47. The Morgan fingerprint density at radius 3 is 2.34 bits per heavy atom. The van der Waals surface area contributed by atoms with Crippen molar-refractivity contribution in [2.75, 3.05) is 25.5 Å². The summed E-state index contributed by atoms with van der Waals surface area (Å²) in [6.07, 6.45) is 0. The van der Waals surface area contributed by atoms with Gasteiger partial charge in [-0.3, -0.25) is 4.79 Å². The van der Waals surface area contributed by atoms with Crippen LogP contribution < -0.4 is 15.4 Å². The molecule has 0 atom stereocenters. The average molecular weight is 435 g/mol. The van der Waals surface area contributed by atoms with Crippen molar-refractivity contribution >= 4 is 17.6 Å². The normalized spacial score (nSPS) is 10.3. The molecule has 0 heterocycles. The van der Waals surface area contributed by atoms with Gasteiger partial charge in [-0.15, -0.1) is 0 Å². The van der Waals surface area contributed by atoms with Gasteiger partial charge in [0, 0.05) is 30.4 Å². The number of aryl methyl sites for hydroxylation is 1. The molecule has 0 aliphatic rings. The number of carbonyl (C=O) groups excluding carboxylic acids is 2. The lowest BCUT2D eigenvalue weighted by Crippen LogP contribution is -2.34. The van der Waals surface area contributed by atoms with E-state index < -0.39 is 0 Å². The first-order valence-electron chi connectivity index (χ1n) is 10.3. The zero-order valence-corrected chi connectivity index (χ0v) is 18.1. The van der Waals surface area contributed by atoms with E-state index in [0.29, 0.717) is 30.0 Å². The van der Waals surface area contributed by atoms with Crippen molar-refractivity contribution in [2.24, 2.45) is 0 Å². The summed E-state index contributed by atoms with van der Waals surface area (Å²) in [6.45, 7) is 2.89. The van der Waals surface area contributed by atoms with Crippen LogP contribution in [0.25, 0.3) is 0 Å². The van der Waals surface area contributed by atoms with E-state index in [4.69, 9.17) is 4.74 Å². The zero-order chi connectivity index (χ0) is 22.9. The first-order valence-corrected chi connectivity index (χ1v) is 10.3. The molecule has 0 aliphatic heterocycles. The van der Waals surface area contributed by atoms with Crippen molar-refractivity contribution in [1.29, 1.82) is 0 Å². The number of amides is 3. The van der Waals surface area contributed by atoms with Gasteiger partial charge in [0.15, 0.2) is 0 Å². The maximum absolute atomic E-state index is 13.7. The maximum Gasteiger partial charge on any atom is 0.321 e. The van der Waals surface area contributed by atoms with Crippen molar-refractivity contribution in [1.82, 2.24) is 10.2 Å². The summed E-state index contributed by atoms with van der Waals surface area (Å²) in [6, 6.07) is 20.2. The van der Waals surface area contributed by atoms with Gasteiger partial charge in [0.25, 0.3) is 5.91 Å². The number of hydrogen-bond donors (Lipinski definition) is 2. The Bertz CT molecular complexity index is 1050. The summed E-state index contributed by atoms with van der Waals surface area (Å²) >= 11 is 0. The fraction of sp³-hybridized carbons (Fsp3) is 0.200. The predicted octanol–water partition coefficient (Wildman–Crippen LogP) is 4.61. The highest BCUT2D eigenvalue weighted by Crippen LogP contribution is 2.13. The van der Waals surface area contributed by atoms with Crippen LogP contribution in [-0.2, 0) is 6.54 Å². The lowest BCUT2D eigenvalue weighted by atomic mass is 10.1. The molecule has 32 heavy (non-hydrogen) atoms. The van der Waals surface area contributed by atoms with Crippen LogP contribution in [0.5, 0.6) is 5.75 Å². The molecule has 3 rings (SSSR count). The number of likely N-dealkylation sites (N-methyl/N-ethyl adjacent to an activating group) is 1. The van der Waals surface area contributed by atoms with E-state index in [2.05, 4.69) is 10.6 Å². The Kier molecular flexibility index (Phi) is 7.80. The molecule has 166 valence electrons. The third kappa shape index (κ3) is 6.57. The Labute approximate surface area is 187 Å². The molecular formula is C25H26FN3O3. The second-order valence-electron chi connectivity index (χ2n) is 7.36. The van der Waals surface area contributed by atoms with Gasteiger partial charge in [-0.05, 0) is 49.4 Å². The highest BCUT2D eigenvalue weighted by Gasteiger charge is 2.11. The van der Waals surface area contributed by atoms with Gasteiger partial charge in [-0.25, -0.2) is 9.18 Å². The Hall–Kier alpha value is -3.87. The van der Waals surface area contributed by atoms with Crippen molar-refractivity contribution in [3.63, 3.8) is 0 Å². The molecule has 7 heteroatoms. The Morgan fingerprint density at radius 1 is 0.969 bits per heavy atom. The molecule has 0 saturated heterocycles. The average Bonchev–Trinajstić information content (AvgIpc) is 2.80. The van der Waals surface area contributed by atoms with Gasteiger partial charge in [0.1, 0.15) is 18.2 Å². The summed E-state index contributed by atoms with van der Waals surface area (Å²) in [4.78, 5) is 26.2. The van der Waals surface area contributed by atoms with Gasteiger partial charge < -0.3 is 20.3 Å². The first-order chi connectivity index (χ1) is 15.4. The van der Waals surface area contributed by atoms with Crippen molar-refractivity contribution in [3.05, 3.63) is 95.3 Å². The van der Waals surface area contributed by atoms with Crippen LogP contribution in [-0.4, -0.2) is 37.0 Å². The third-order valence-electron chi connectivity index (χ3n) is 4.86. The Balaban J connectivity index is 1.44. The van der Waals surface area contributed by atoms with Crippen LogP contribution in [0.15, 0.2) is 72.8 Å².